The molecule has 6 heteroatoms. The monoisotopic (exact) mass is 292 g/mol. The van der Waals surface area contributed by atoms with Crippen molar-refractivity contribution in [2.45, 2.75) is 13.8 Å². The highest BCUT2D eigenvalue weighted by atomic mass is 32.1. The lowest BCUT2D eigenvalue weighted by molar-refractivity contribution is 0.0600. The zero-order chi connectivity index (χ0) is 14.9. The fraction of sp³-hybridized carbons (Fsp3) is 0.214. The molecule has 1 aromatic heterocycles. The van der Waals surface area contributed by atoms with E-state index >= 15 is 0 Å². The standard InChI is InChI=1S/C14H13FN2O2S/c1-7-12(16-8(2)17-13(7)20)9-4-10(14(18)19-3)6-11(15)5-9/h4-6H,1-3H3,(H,16,17,20). The minimum atomic E-state index is -0.590. The second kappa shape index (κ2) is 5.50. The average molecular weight is 292 g/mol. The fourth-order valence-corrected chi connectivity index (χ4v) is 2.14. The molecule has 0 bridgehead atoms. The maximum atomic E-state index is 13.7. The number of rotatable bonds is 2. The molecule has 0 atom stereocenters. The largest absolute Gasteiger partial charge is 0.465 e. The van der Waals surface area contributed by atoms with E-state index in [-0.39, 0.29) is 5.56 Å². The van der Waals surface area contributed by atoms with Crippen LogP contribution in [0, 0.1) is 24.3 Å². The molecule has 4 nitrogen and oxygen atoms in total. The van der Waals surface area contributed by atoms with Crippen molar-refractivity contribution in [3.63, 3.8) is 0 Å². The van der Waals surface area contributed by atoms with E-state index in [0.29, 0.717) is 21.7 Å². The average Bonchev–Trinajstić information content (AvgIpc) is 2.41. The maximum absolute atomic E-state index is 13.7. The summed E-state index contributed by atoms with van der Waals surface area (Å²) in [5.41, 5.74) is 2.05. The molecule has 0 unspecified atom stereocenters. The molecule has 1 heterocycles. The van der Waals surface area contributed by atoms with E-state index in [9.17, 15) is 9.18 Å². The maximum Gasteiger partial charge on any atom is 0.337 e. The zero-order valence-corrected chi connectivity index (χ0v) is 12.1. The van der Waals surface area contributed by atoms with Gasteiger partial charge in [0.2, 0.25) is 0 Å². The number of H-pyrrole nitrogens is 1. The Morgan fingerprint density at radius 3 is 2.70 bits per heavy atom. The molecule has 1 N–H and O–H groups in total. The number of aryl methyl sites for hydroxylation is 1. The van der Waals surface area contributed by atoms with Gasteiger partial charge < -0.3 is 9.72 Å². The van der Waals surface area contributed by atoms with Crippen molar-refractivity contribution in [1.82, 2.24) is 9.97 Å². The van der Waals surface area contributed by atoms with Crippen LogP contribution in [0.2, 0.25) is 0 Å². The number of nitrogens with zero attached hydrogens (tertiary/aromatic N) is 1. The van der Waals surface area contributed by atoms with Gasteiger partial charge in [0, 0.05) is 11.1 Å². The Kier molecular flexibility index (Phi) is 3.94. The van der Waals surface area contributed by atoms with Crippen LogP contribution in [-0.4, -0.2) is 23.0 Å². The van der Waals surface area contributed by atoms with Gasteiger partial charge in [-0.05, 0) is 32.0 Å². The molecule has 20 heavy (non-hydrogen) atoms. The van der Waals surface area contributed by atoms with Gasteiger partial charge in [-0.1, -0.05) is 12.2 Å². The number of benzene rings is 1. The second-order valence-electron chi connectivity index (χ2n) is 4.35. The van der Waals surface area contributed by atoms with E-state index in [1.807, 2.05) is 0 Å². The molecule has 1 aromatic carbocycles. The van der Waals surface area contributed by atoms with Crippen LogP contribution in [0.25, 0.3) is 11.3 Å². The molecule has 0 spiro atoms. The van der Waals surface area contributed by atoms with Crippen molar-refractivity contribution in [2.24, 2.45) is 0 Å². The van der Waals surface area contributed by atoms with Crippen LogP contribution >= 0.6 is 12.2 Å². The Hall–Kier alpha value is -2.08. The van der Waals surface area contributed by atoms with Gasteiger partial charge in [-0.3, -0.25) is 0 Å². The number of aromatic amines is 1. The third-order valence-corrected chi connectivity index (χ3v) is 3.28. The minimum absolute atomic E-state index is 0.149. The number of nitrogens with one attached hydrogen (secondary N) is 1. The van der Waals surface area contributed by atoms with Crippen LogP contribution in [0.1, 0.15) is 21.7 Å². The summed E-state index contributed by atoms with van der Waals surface area (Å²) in [5.74, 6) is -0.483. The van der Waals surface area contributed by atoms with Crippen LogP contribution in [-0.2, 0) is 4.74 Å². The number of ether oxygens (including phenoxy) is 1. The summed E-state index contributed by atoms with van der Waals surface area (Å²) >= 11 is 5.15. The molecule has 0 aliphatic rings. The van der Waals surface area contributed by atoms with E-state index in [1.165, 1.54) is 13.2 Å². The molecule has 0 saturated carbocycles. The van der Waals surface area contributed by atoms with Gasteiger partial charge in [0.05, 0.1) is 18.4 Å². The molecule has 0 aliphatic carbocycles. The predicted molar refractivity (Wildman–Crippen MR) is 75.6 cm³/mol. The Morgan fingerprint density at radius 2 is 2.05 bits per heavy atom. The highest BCUT2D eigenvalue weighted by Gasteiger charge is 2.12. The van der Waals surface area contributed by atoms with E-state index in [4.69, 9.17) is 12.2 Å². The molecule has 2 rings (SSSR count). The first-order valence-corrected chi connectivity index (χ1v) is 6.30. The van der Waals surface area contributed by atoms with E-state index < -0.39 is 11.8 Å². The normalized spacial score (nSPS) is 10.4. The third kappa shape index (κ3) is 2.75. The van der Waals surface area contributed by atoms with Gasteiger partial charge >= 0.3 is 5.97 Å². The lowest BCUT2D eigenvalue weighted by Gasteiger charge is -2.09. The van der Waals surface area contributed by atoms with Crippen molar-refractivity contribution >= 4 is 18.2 Å². The summed E-state index contributed by atoms with van der Waals surface area (Å²) in [5, 5.41) is 0. The van der Waals surface area contributed by atoms with Crippen molar-refractivity contribution in [3.05, 3.63) is 45.6 Å². The van der Waals surface area contributed by atoms with Gasteiger partial charge in [0.15, 0.2) is 0 Å². The minimum Gasteiger partial charge on any atom is -0.465 e. The van der Waals surface area contributed by atoms with Crippen molar-refractivity contribution in [1.29, 1.82) is 0 Å². The highest BCUT2D eigenvalue weighted by molar-refractivity contribution is 7.71. The molecular formula is C14H13FN2O2S. The molecule has 0 radical (unpaired) electrons. The molecule has 0 fully saturated rings. The number of carbonyl (C=O) groups is 1. The van der Waals surface area contributed by atoms with Crippen LogP contribution in [0.3, 0.4) is 0 Å². The lowest BCUT2D eigenvalue weighted by Crippen LogP contribution is -2.03. The fourth-order valence-electron chi connectivity index (χ4n) is 1.90. The summed E-state index contributed by atoms with van der Waals surface area (Å²) in [6, 6.07) is 4.02. The van der Waals surface area contributed by atoms with Crippen LogP contribution in [0.5, 0.6) is 0 Å². The predicted octanol–water partition coefficient (Wildman–Crippen LogP) is 3.35. The van der Waals surface area contributed by atoms with E-state index in [2.05, 4.69) is 14.7 Å². The van der Waals surface area contributed by atoms with Gasteiger partial charge in [-0.25, -0.2) is 14.2 Å². The molecular weight excluding hydrogens is 279 g/mol. The number of halogens is 1. The molecule has 2 aromatic rings. The summed E-state index contributed by atoms with van der Waals surface area (Å²) in [6.07, 6.45) is 0. The van der Waals surface area contributed by atoms with E-state index in [0.717, 1.165) is 11.6 Å². The Balaban J connectivity index is 2.67. The van der Waals surface area contributed by atoms with Crippen LogP contribution in [0.15, 0.2) is 18.2 Å². The van der Waals surface area contributed by atoms with Crippen molar-refractivity contribution in [3.8, 4) is 11.3 Å². The number of methoxy groups -OCH3 is 1. The second-order valence-corrected chi connectivity index (χ2v) is 4.73. The summed E-state index contributed by atoms with van der Waals surface area (Å²) in [6.45, 7) is 3.56. The van der Waals surface area contributed by atoms with Gasteiger partial charge in [-0.15, -0.1) is 0 Å². The van der Waals surface area contributed by atoms with Crippen LogP contribution in [0.4, 0.5) is 4.39 Å². The number of aromatic nitrogens is 2. The van der Waals surface area contributed by atoms with Crippen molar-refractivity contribution < 1.29 is 13.9 Å². The Bertz CT molecular complexity index is 740. The molecule has 0 amide bonds. The third-order valence-electron chi connectivity index (χ3n) is 2.88. The number of hydrogen-bond donors (Lipinski definition) is 1. The van der Waals surface area contributed by atoms with Gasteiger partial charge in [0.25, 0.3) is 0 Å². The van der Waals surface area contributed by atoms with Gasteiger partial charge in [0.1, 0.15) is 16.3 Å². The zero-order valence-electron chi connectivity index (χ0n) is 11.3. The SMILES string of the molecule is COC(=O)c1cc(F)cc(-c2[nH]c(C)nc(=S)c2C)c1. The lowest BCUT2D eigenvalue weighted by atomic mass is 10.0. The number of carbonyl (C=O) groups excluding carboxylic acids is 1. The first-order valence-electron chi connectivity index (χ1n) is 5.89. The first-order chi connectivity index (χ1) is 9.42. The summed E-state index contributed by atoms with van der Waals surface area (Å²) in [7, 11) is 1.25. The number of hydrogen-bond acceptors (Lipinski definition) is 4. The number of esters is 1. The Labute approximate surface area is 120 Å². The van der Waals surface area contributed by atoms with Crippen LogP contribution < -0.4 is 0 Å². The summed E-state index contributed by atoms with van der Waals surface area (Å²) in [4.78, 5) is 18.7. The first kappa shape index (κ1) is 14.3. The smallest absolute Gasteiger partial charge is 0.337 e. The quantitative estimate of drug-likeness (QED) is 0.681. The van der Waals surface area contributed by atoms with Gasteiger partial charge in [-0.2, -0.15) is 0 Å². The molecule has 0 aliphatic heterocycles. The Morgan fingerprint density at radius 1 is 1.35 bits per heavy atom. The van der Waals surface area contributed by atoms with Crippen molar-refractivity contribution in [2.75, 3.05) is 7.11 Å². The molecule has 104 valence electrons. The topological polar surface area (TPSA) is 55.0 Å². The highest BCUT2D eigenvalue weighted by Crippen LogP contribution is 2.24. The summed E-state index contributed by atoms with van der Waals surface area (Å²) < 4.78 is 18.7. The molecule has 0 saturated heterocycles. The van der Waals surface area contributed by atoms with E-state index in [1.54, 1.807) is 19.9 Å².